The fraction of sp³-hybridized carbons (Fsp3) is 0.421. The van der Waals surface area contributed by atoms with E-state index in [2.05, 4.69) is 19.1 Å². The molecule has 2 aromatic rings. The topological polar surface area (TPSA) is 30.6 Å². The molecular weight excluding hydrogens is 292 g/mol. The van der Waals surface area contributed by atoms with Crippen LogP contribution in [0.1, 0.15) is 40.0 Å². The van der Waals surface area contributed by atoms with Gasteiger partial charge in [0.25, 0.3) is 5.75 Å². The molecule has 0 unspecified atom stereocenters. The number of hydrogen-bond donors (Lipinski definition) is 0. The highest BCUT2D eigenvalue weighted by molar-refractivity contribution is 7.99. The minimum atomic E-state index is -0.0122. The predicted molar refractivity (Wildman–Crippen MR) is 96.6 cm³/mol. The highest BCUT2D eigenvalue weighted by Gasteiger charge is 2.21. The number of carbonyl (C=O) groups excluding carboxylic acids is 1. The van der Waals surface area contributed by atoms with E-state index in [4.69, 9.17) is 4.74 Å². The average Bonchev–Trinajstić information content (AvgIpc) is 2.53. The standard InChI is InChI=1S/C19H24O2S/c1-4-5-8-13-22-18-12-11-17(21-19(20)14(2)3)15-9-6-7-10-16(15)18/h6-7,9-12,14H,4-5,8,13H2,1-3H3/p+1. The van der Waals surface area contributed by atoms with Crippen LogP contribution in [0.4, 0.5) is 0 Å². The van der Waals surface area contributed by atoms with Crippen LogP contribution >= 0.6 is 11.8 Å². The van der Waals surface area contributed by atoms with Gasteiger partial charge in [0.1, 0.15) is 5.92 Å². The summed E-state index contributed by atoms with van der Waals surface area (Å²) in [6.07, 6.45) is 3.78. The summed E-state index contributed by atoms with van der Waals surface area (Å²) in [5.41, 5.74) is 0. The van der Waals surface area contributed by atoms with Gasteiger partial charge in [-0.2, -0.15) is 0 Å². The third kappa shape index (κ3) is 4.26. The summed E-state index contributed by atoms with van der Waals surface area (Å²) < 4.78 is 5.65. The van der Waals surface area contributed by atoms with Crippen LogP contribution in [0.2, 0.25) is 0 Å². The lowest BCUT2D eigenvalue weighted by atomic mass is 10.1. The molecule has 0 atom stereocenters. The third-order valence-electron chi connectivity index (χ3n) is 3.56. The predicted octanol–water partition coefficient (Wildman–Crippen LogP) is 5.66. The van der Waals surface area contributed by atoms with Crippen molar-refractivity contribution in [2.24, 2.45) is 5.92 Å². The SMILES string of the molecule is CCCCCSc1ccc(OC(=[OH+])C(C)C)c2ccccc12. The Hall–Kier alpha value is -1.48. The molecule has 0 bridgehead atoms. The Balaban J connectivity index is 2.24. The van der Waals surface area contributed by atoms with E-state index in [1.54, 1.807) is 0 Å². The van der Waals surface area contributed by atoms with Crippen LogP contribution in [-0.4, -0.2) is 16.5 Å². The first-order valence-corrected chi connectivity index (χ1v) is 9.00. The zero-order chi connectivity index (χ0) is 15.9. The van der Waals surface area contributed by atoms with Gasteiger partial charge in [0.2, 0.25) is 0 Å². The van der Waals surface area contributed by atoms with E-state index in [9.17, 15) is 4.79 Å². The molecule has 22 heavy (non-hydrogen) atoms. The summed E-state index contributed by atoms with van der Waals surface area (Å²) in [5, 5.41) is 2.24. The number of ether oxygens (including phenoxy) is 1. The molecule has 0 aromatic heterocycles. The smallest absolute Gasteiger partial charge is 0.338 e. The van der Waals surface area contributed by atoms with Crippen LogP contribution in [0.15, 0.2) is 41.3 Å². The number of unbranched alkanes of at least 4 members (excludes halogenated alkanes) is 2. The van der Waals surface area contributed by atoms with Gasteiger partial charge in [-0.1, -0.05) is 38.0 Å². The molecule has 0 aliphatic rings. The van der Waals surface area contributed by atoms with E-state index in [-0.39, 0.29) is 11.9 Å². The van der Waals surface area contributed by atoms with Crippen LogP contribution in [0, 0.1) is 5.92 Å². The van der Waals surface area contributed by atoms with Crippen molar-refractivity contribution in [2.45, 2.75) is 44.9 Å². The summed E-state index contributed by atoms with van der Waals surface area (Å²) in [6, 6.07) is 12.3. The molecule has 1 N–H and O–H groups in total. The van der Waals surface area contributed by atoms with Crippen molar-refractivity contribution in [1.29, 1.82) is 0 Å². The van der Waals surface area contributed by atoms with Gasteiger partial charge in [0.15, 0.2) is 0 Å². The zero-order valence-corrected chi connectivity index (χ0v) is 14.5. The molecule has 2 nitrogen and oxygen atoms in total. The van der Waals surface area contributed by atoms with Crippen LogP contribution in [0.25, 0.3) is 10.8 Å². The van der Waals surface area contributed by atoms with Gasteiger partial charge in [-0.05, 0) is 38.2 Å². The van der Waals surface area contributed by atoms with Gasteiger partial charge in [-0.15, -0.1) is 11.8 Å². The van der Waals surface area contributed by atoms with E-state index in [0.717, 1.165) is 16.9 Å². The number of hydrogen-bond acceptors (Lipinski definition) is 2. The molecule has 0 aliphatic heterocycles. The molecule has 3 heteroatoms. The number of rotatable bonds is 7. The van der Waals surface area contributed by atoms with E-state index in [1.165, 1.54) is 29.5 Å². The lowest BCUT2D eigenvalue weighted by Crippen LogP contribution is -2.15. The quantitative estimate of drug-likeness (QED) is 0.217. The first-order valence-electron chi connectivity index (χ1n) is 8.01. The lowest BCUT2D eigenvalue weighted by Gasteiger charge is -2.08. The number of fused-ring (bicyclic) bond motifs is 1. The average molecular weight is 317 g/mol. The molecule has 0 spiro atoms. The van der Waals surface area contributed by atoms with Crippen molar-refractivity contribution in [2.75, 3.05) is 5.75 Å². The number of esters is 1. The Kier molecular flexibility index (Phi) is 6.32. The fourth-order valence-electron chi connectivity index (χ4n) is 2.22. The van der Waals surface area contributed by atoms with Crippen molar-refractivity contribution in [1.82, 2.24) is 0 Å². The van der Waals surface area contributed by atoms with Gasteiger partial charge in [-0.3, -0.25) is 4.74 Å². The third-order valence-corrected chi connectivity index (χ3v) is 4.72. The largest absolute Gasteiger partial charge is 0.491 e. The maximum Gasteiger partial charge on any atom is 0.491 e. The lowest BCUT2D eigenvalue weighted by molar-refractivity contribution is 0.426. The minimum Gasteiger partial charge on any atom is -0.338 e. The summed E-state index contributed by atoms with van der Waals surface area (Å²) in [4.78, 5) is 11.2. The number of benzene rings is 2. The van der Waals surface area contributed by atoms with Crippen LogP contribution in [0.5, 0.6) is 5.75 Å². The van der Waals surface area contributed by atoms with Crippen molar-refractivity contribution in [3.63, 3.8) is 0 Å². The van der Waals surface area contributed by atoms with E-state index in [1.807, 2.05) is 49.9 Å². The molecule has 118 valence electrons. The zero-order valence-electron chi connectivity index (χ0n) is 13.6. The molecule has 0 fully saturated rings. The summed E-state index contributed by atoms with van der Waals surface area (Å²) in [6.45, 7) is 6.05. The summed E-state index contributed by atoms with van der Waals surface area (Å²) >= 11 is 1.90. The first-order chi connectivity index (χ1) is 10.6. The highest BCUT2D eigenvalue weighted by Crippen LogP contribution is 2.34. The molecule has 0 heterocycles. The second-order valence-electron chi connectivity index (χ2n) is 5.76. The summed E-state index contributed by atoms with van der Waals surface area (Å²) in [5.74, 6) is 1.91. The van der Waals surface area contributed by atoms with Gasteiger partial charge in [0.05, 0.1) is 5.39 Å². The van der Waals surface area contributed by atoms with Crippen LogP contribution in [0.3, 0.4) is 0 Å². The van der Waals surface area contributed by atoms with Crippen molar-refractivity contribution >= 4 is 28.5 Å². The van der Waals surface area contributed by atoms with Gasteiger partial charge in [-0.25, -0.2) is 0 Å². The monoisotopic (exact) mass is 317 g/mol. The molecule has 0 saturated carbocycles. The Morgan fingerprint density at radius 1 is 1.09 bits per heavy atom. The van der Waals surface area contributed by atoms with Gasteiger partial charge >= 0.3 is 5.97 Å². The highest BCUT2D eigenvalue weighted by atomic mass is 32.2. The van der Waals surface area contributed by atoms with Crippen molar-refractivity contribution < 1.29 is 9.53 Å². The molecule has 0 aliphatic carbocycles. The minimum absolute atomic E-state index is 0.0122. The Morgan fingerprint density at radius 2 is 1.82 bits per heavy atom. The normalized spacial score (nSPS) is 11.1. The first kappa shape index (κ1) is 16.9. The fourth-order valence-corrected chi connectivity index (χ4v) is 3.29. The molecule has 0 radical (unpaired) electrons. The van der Waals surface area contributed by atoms with Gasteiger partial charge < -0.3 is 4.79 Å². The summed E-state index contributed by atoms with van der Waals surface area (Å²) in [7, 11) is 0. The molecular formula is C19H25O2S+. The van der Waals surface area contributed by atoms with Crippen molar-refractivity contribution in [3.8, 4) is 5.75 Å². The Bertz CT molecular complexity index is 634. The van der Waals surface area contributed by atoms with E-state index in [0.29, 0.717) is 0 Å². The molecule has 2 rings (SSSR count). The Labute approximate surface area is 137 Å². The van der Waals surface area contributed by atoms with Crippen LogP contribution < -0.4 is 4.74 Å². The maximum absolute atomic E-state index is 9.90. The van der Waals surface area contributed by atoms with Crippen LogP contribution in [-0.2, 0) is 0 Å². The van der Waals surface area contributed by atoms with Gasteiger partial charge in [0, 0.05) is 16.3 Å². The second-order valence-corrected chi connectivity index (χ2v) is 6.89. The number of thioether (sulfide) groups is 1. The van der Waals surface area contributed by atoms with E-state index < -0.39 is 0 Å². The molecule has 2 aromatic carbocycles. The maximum atomic E-state index is 9.90. The van der Waals surface area contributed by atoms with Crippen molar-refractivity contribution in [3.05, 3.63) is 36.4 Å². The molecule has 0 amide bonds. The van der Waals surface area contributed by atoms with E-state index >= 15 is 0 Å². The Morgan fingerprint density at radius 3 is 2.50 bits per heavy atom. The second kappa shape index (κ2) is 8.23. The molecule has 0 saturated heterocycles.